The lowest BCUT2D eigenvalue weighted by Gasteiger charge is -2.22. The van der Waals surface area contributed by atoms with Crippen molar-refractivity contribution in [2.24, 2.45) is 17.1 Å². The van der Waals surface area contributed by atoms with Crippen molar-refractivity contribution in [3.8, 4) is 0 Å². The van der Waals surface area contributed by atoms with Crippen molar-refractivity contribution in [2.45, 2.75) is 51.5 Å². The minimum Gasteiger partial charge on any atom is -0.330 e. The Hall–Kier alpha value is -0.0800. The van der Waals surface area contributed by atoms with Gasteiger partial charge in [-0.1, -0.05) is 13.3 Å². The van der Waals surface area contributed by atoms with Gasteiger partial charge in [0.05, 0.1) is 0 Å². The summed E-state index contributed by atoms with van der Waals surface area (Å²) in [5, 5.41) is 3.76. The molecule has 0 aromatic rings. The van der Waals surface area contributed by atoms with E-state index in [2.05, 4.69) is 12.2 Å². The molecule has 14 heavy (non-hydrogen) atoms. The second-order valence-electron chi connectivity index (χ2n) is 5.27. The minimum absolute atomic E-state index is 0.682. The van der Waals surface area contributed by atoms with E-state index >= 15 is 0 Å². The van der Waals surface area contributed by atoms with Crippen LogP contribution in [0, 0.1) is 11.3 Å². The van der Waals surface area contributed by atoms with Crippen LogP contribution in [0.15, 0.2) is 0 Å². The van der Waals surface area contributed by atoms with Gasteiger partial charge in [0.25, 0.3) is 0 Å². The van der Waals surface area contributed by atoms with Gasteiger partial charge >= 0.3 is 0 Å². The van der Waals surface area contributed by atoms with Gasteiger partial charge in [0.15, 0.2) is 0 Å². The molecule has 0 radical (unpaired) electrons. The lowest BCUT2D eigenvalue weighted by Crippen LogP contribution is -2.39. The SMILES string of the molecule is CCC1(CNC2CCCC2CN)CC1. The first-order valence-corrected chi connectivity index (χ1v) is 6.23. The summed E-state index contributed by atoms with van der Waals surface area (Å²) in [6.07, 6.45) is 8.29. The first kappa shape index (κ1) is 10.4. The highest BCUT2D eigenvalue weighted by atomic mass is 15.0. The standard InChI is InChI=1S/C12H24N2/c1-2-12(6-7-12)9-14-11-5-3-4-10(11)8-13/h10-11,14H,2-9,13H2,1H3. The summed E-state index contributed by atoms with van der Waals surface area (Å²) in [6, 6.07) is 0.726. The first-order chi connectivity index (χ1) is 6.79. The van der Waals surface area contributed by atoms with Crippen molar-refractivity contribution in [3.63, 3.8) is 0 Å². The number of nitrogens with one attached hydrogen (secondary N) is 1. The van der Waals surface area contributed by atoms with Gasteiger partial charge in [-0.3, -0.25) is 0 Å². The van der Waals surface area contributed by atoms with Crippen molar-refractivity contribution in [1.82, 2.24) is 5.32 Å². The molecule has 2 unspecified atom stereocenters. The molecule has 0 aliphatic heterocycles. The normalized spacial score (nSPS) is 34.7. The fourth-order valence-corrected chi connectivity index (χ4v) is 2.77. The monoisotopic (exact) mass is 196 g/mol. The van der Waals surface area contributed by atoms with Crippen LogP contribution < -0.4 is 11.1 Å². The molecular formula is C12H24N2. The minimum atomic E-state index is 0.682. The number of nitrogens with two attached hydrogens (primary N) is 1. The van der Waals surface area contributed by atoms with Crippen LogP contribution in [0.25, 0.3) is 0 Å². The quantitative estimate of drug-likeness (QED) is 0.705. The topological polar surface area (TPSA) is 38.0 Å². The van der Waals surface area contributed by atoms with Gasteiger partial charge < -0.3 is 11.1 Å². The molecule has 0 bridgehead atoms. The van der Waals surface area contributed by atoms with E-state index in [1.54, 1.807) is 0 Å². The number of hydrogen-bond acceptors (Lipinski definition) is 2. The highest BCUT2D eigenvalue weighted by Crippen LogP contribution is 2.48. The zero-order valence-corrected chi connectivity index (χ0v) is 9.39. The van der Waals surface area contributed by atoms with Crippen molar-refractivity contribution in [3.05, 3.63) is 0 Å². The van der Waals surface area contributed by atoms with Gasteiger partial charge in [-0.25, -0.2) is 0 Å². The molecule has 82 valence electrons. The molecule has 2 heteroatoms. The molecule has 2 nitrogen and oxygen atoms in total. The summed E-state index contributed by atoms with van der Waals surface area (Å²) >= 11 is 0. The van der Waals surface area contributed by atoms with Crippen LogP contribution in [0.1, 0.15) is 45.4 Å². The molecule has 2 aliphatic carbocycles. The highest BCUT2D eigenvalue weighted by Gasteiger charge is 2.41. The molecule has 2 aliphatic rings. The molecule has 3 N–H and O–H groups in total. The number of hydrogen-bond donors (Lipinski definition) is 2. The van der Waals surface area contributed by atoms with Gasteiger partial charge in [0.2, 0.25) is 0 Å². The third kappa shape index (κ3) is 2.12. The Morgan fingerprint density at radius 3 is 2.71 bits per heavy atom. The Bertz CT molecular complexity index is 187. The van der Waals surface area contributed by atoms with E-state index in [0.29, 0.717) is 5.41 Å². The average Bonchev–Trinajstić information content (AvgIpc) is 2.86. The second-order valence-corrected chi connectivity index (χ2v) is 5.27. The predicted octanol–water partition coefficient (Wildman–Crippen LogP) is 1.89. The van der Waals surface area contributed by atoms with Crippen LogP contribution in [0.2, 0.25) is 0 Å². The van der Waals surface area contributed by atoms with Gasteiger partial charge in [0.1, 0.15) is 0 Å². The van der Waals surface area contributed by atoms with E-state index in [-0.39, 0.29) is 0 Å². The molecule has 0 heterocycles. The summed E-state index contributed by atoms with van der Waals surface area (Å²) in [5.41, 5.74) is 6.45. The van der Waals surface area contributed by atoms with Crippen molar-refractivity contribution in [1.29, 1.82) is 0 Å². The van der Waals surface area contributed by atoms with Crippen LogP contribution in [-0.4, -0.2) is 19.1 Å². The molecule has 2 fully saturated rings. The van der Waals surface area contributed by atoms with Gasteiger partial charge in [-0.05, 0) is 50.0 Å². The van der Waals surface area contributed by atoms with E-state index in [1.807, 2.05) is 0 Å². The van der Waals surface area contributed by atoms with E-state index in [0.717, 1.165) is 18.5 Å². The largest absolute Gasteiger partial charge is 0.330 e. The van der Waals surface area contributed by atoms with Crippen molar-refractivity contribution in [2.75, 3.05) is 13.1 Å². The third-order valence-corrected chi connectivity index (χ3v) is 4.41. The summed E-state index contributed by atoms with van der Waals surface area (Å²) < 4.78 is 0. The second kappa shape index (κ2) is 4.19. The molecule has 0 amide bonds. The molecule has 0 aromatic carbocycles. The van der Waals surface area contributed by atoms with E-state index < -0.39 is 0 Å². The lowest BCUT2D eigenvalue weighted by molar-refractivity contribution is 0.353. The summed E-state index contributed by atoms with van der Waals surface area (Å²) in [5.74, 6) is 0.752. The number of rotatable bonds is 5. The fourth-order valence-electron chi connectivity index (χ4n) is 2.77. The van der Waals surface area contributed by atoms with Crippen LogP contribution >= 0.6 is 0 Å². The lowest BCUT2D eigenvalue weighted by atomic mass is 10.0. The molecule has 2 rings (SSSR count). The molecule has 2 atom stereocenters. The Labute approximate surface area is 87.6 Å². The summed E-state index contributed by atoms with van der Waals surface area (Å²) in [4.78, 5) is 0. The maximum absolute atomic E-state index is 5.77. The van der Waals surface area contributed by atoms with Crippen molar-refractivity contribution >= 4 is 0 Å². The van der Waals surface area contributed by atoms with Crippen LogP contribution in [0.4, 0.5) is 0 Å². The van der Waals surface area contributed by atoms with E-state index in [1.165, 1.54) is 45.1 Å². The van der Waals surface area contributed by atoms with Crippen LogP contribution in [0.5, 0.6) is 0 Å². The molecule has 2 saturated carbocycles. The average molecular weight is 196 g/mol. The summed E-state index contributed by atoms with van der Waals surface area (Å²) in [7, 11) is 0. The molecule has 0 aromatic heterocycles. The zero-order chi connectivity index (χ0) is 10.0. The Balaban J connectivity index is 1.74. The Morgan fingerprint density at radius 1 is 1.36 bits per heavy atom. The maximum Gasteiger partial charge on any atom is 0.0108 e. The fraction of sp³-hybridized carbons (Fsp3) is 1.00. The zero-order valence-electron chi connectivity index (χ0n) is 9.39. The first-order valence-electron chi connectivity index (χ1n) is 6.23. The molecule has 0 saturated heterocycles. The molecule has 0 spiro atoms. The maximum atomic E-state index is 5.77. The Morgan fingerprint density at radius 2 is 2.14 bits per heavy atom. The van der Waals surface area contributed by atoms with Gasteiger partial charge in [-0.15, -0.1) is 0 Å². The van der Waals surface area contributed by atoms with Gasteiger partial charge in [0, 0.05) is 12.6 Å². The van der Waals surface area contributed by atoms with Gasteiger partial charge in [-0.2, -0.15) is 0 Å². The van der Waals surface area contributed by atoms with Crippen LogP contribution in [0.3, 0.4) is 0 Å². The smallest absolute Gasteiger partial charge is 0.0108 e. The van der Waals surface area contributed by atoms with Crippen LogP contribution in [-0.2, 0) is 0 Å². The third-order valence-electron chi connectivity index (χ3n) is 4.41. The highest BCUT2D eigenvalue weighted by molar-refractivity contribution is 4.95. The molecular weight excluding hydrogens is 172 g/mol. The van der Waals surface area contributed by atoms with E-state index in [4.69, 9.17) is 5.73 Å². The van der Waals surface area contributed by atoms with E-state index in [9.17, 15) is 0 Å². The van der Waals surface area contributed by atoms with Crippen molar-refractivity contribution < 1.29 is 0 Å². The summed E-state index contributed by atoms with van der Waals surface area (Å²) in [6.45, 7) is 4.44. The predicted molar refractivity (Wildman–Crippen MR) is 60.1 cm³/mol. The Kier molecular flexibility index (Phi) is 3.13.